The van der Waals surface area contributed by atoms with Crippen LogP contribution in [0.15, 0.2) is 6.20 Å². The summed E-state index contributed by atoms with van der Waals surface area (Å²) in [5.74, 6) is -0.412. The van der Waals surface area contributed by atoms with Crippen molar-refractivity contribution in [2.75, 3.05) is 6.61 Å². The van der Waals surface area contributed by atoms with E-state index in [9.17, 15) is 20.4 Å². The van der Waals surface area contributed by atoms with Crippen LogP contribution in [0.5, 0.6) is 11.9 Å². The highest BCUT2D eigenvalue weighted by Gasteiger charge is 2.42. The molecule has 0 radical (unpaired) electrons. The van der Waals surface area contributed by atoms with Crippen LogP contribution in [-0.2, 0) is 0 Å². The fraction of sp³-hybridized carbons (Fsp3) is 0.455. The number of nitrogens with one attached hydrogen (secondary N) is 2. The molecule has 0 spiro atoms. The summed E-state index contributed by atoms with van der Waals surface area (Å²) >= 11 is 0. The van der Waals surface area contributed by atoms with Crippen molar-refractivity contribution in [3.63, 3.8) is 0 Å². The molecule has 4 atom stereocenters. The first-order chi connectivity index (χ1) is 9.52. The van der Waals surface area contributed by atoms with Gasteiger partial charge in [0.1, 0.15) is 17.1 Å². The first kappa shape index (κ1) is 13.1. The van der Waals surface area contributed by atoms with Crippen molar-refractivity contribution in [1.82, 2.24) is 20.3 Å². The van der Waals surface area contributed by atoms with Crippen LogP contribution in [0.1, 0.15) is 11.6 Å². The molecular weight excluding hydrogens is 268 g/mol. The lowest BCUT2D eigenvalue weighted by molar-refractivity contribution is 0.0196. The molecule has 1 aliphatic heterocycles. The minimum Gasteiger partial charge on any atom is -0.492 e. The van der Waals surface area contributed by atoms with E-state index in [1.807, 2.05) is 0 Å². The number of aromatic amines is 1. The number of aliphatic hydroxyl groups excluding tert-OH is 3. The Morgan fingerprint density at radius 1 is 1.15 bits per heavy atom. The van der Waals surface area contributed by atoms with Gasteiger partial charge in [-0.05, 0) is 0 Å². The number of aromatic hydroxyl groups is 2. The van der Waals surface area contributed by atoms with Crippen LogP contribution in [0.2, 0.25) is 0 Å². The molecule has 108 valence electrons. The standard InChI is InChI=1S/C11H14N4O5/c16-2-4-8(17)9(18)6(13-4)3-1-12-7-5(3)14-11(20)15-10(7)19/h1,4,6,8-9,12-13,16-18H,2H2,(H2,14,15,19,20)/t4-,6-,8-,9+/m1/s1. The van der Waals surface area contributed by atoms with Crippen LogP contribution in [0, 0.1) is 0 Å². The number of aliphatic hydroxyl groups is 3. The summed E-state index contributed by atoms with van der Waals surface area (Å²) in [6.45, 7) is -0.331. The molecule has 9 heteroatoms. The molecular formula is C11H14N4O5. The maximum Gasteiger partial charge on any atom is 0.317 e. The average Bonchev–Trinajstić information content (AvgIpc) is 2.93. The number of fused-ring (bicyclic) bond motifs is 1. The molecule has 2 aromatic heterocycles. The molecule has 3 heterocycles. The molecule has 0 aliphatic carbocycles. The molecule has 1 fully saturated rings. The largest absolute Gasteiger partial charge is 0.492 e. The predicted molar refractivity (Wildman–Crippen MR) is 66.0 cm³/mol. The first-order valence-electron chi connectivity index (χ1n) is 6.03. The van der Waals surface area contributed by atoms with E-state index in [0.29, 0.717) is 5.56 Å². The lowest BCUT2D eigenvalue weighted by Crippen LogP contribution is -2.35. The molecule has 0 amide bonds. The highest BCUT2D eigenvalue weighted by molar-refractivity contribution is 5.83. The maximum absolute atomic E-state index is 10.0. The van der Waals surface area contributed by atoms with Crippen LogP contribution in [0.3, 0.4) is 0 Å². The van der Waals surface area contributed by atoms with Gasteiger partial charge >= 0.3 is 6.01 Å². The van der Waals surface area contributed by atoms with Gasteiger partial charge < -0.3 is 35.8 Å². The Morgan fingerprint density at radius 2 is 1.90 bits per heavy atom. The zero-order valence-corrected chi connectivity index (χ0v) is 10.2. The van der Waals surface area contributed by atoms with E-state index in [4.69, 9.17) is 5.11 Å². The van der Waals surface area contributed by atoms with Crippen LogP contribution in [0.4, 0.5) is 0 Å². The van der Waals surface area contributed by atoms with E-state index >= 15 is 0 Å². The van der Waals surface area contributed by atoms with E-state index in [2.05, 4.69) is 20.3 Å². The van der Waals surface area contributed by atoms with Crippen LogP contribution < -0.4 is 5.32 Å². The average molecular weight is 282 g/mol. The Kier molecular flexibility index (Phi) is 2.98. The number of nitrogens with zero attached hydrogens (tertiary/aromatic N) is 2. The van der Waals surface area contributed by atoms with E-state index in [-0.39, 0.29) is 17.6 Å². The van der Waals surface area contributed by atoms with E-state index < -0.39 is 36.2 Å². The number of rotatable bonds is 2. The molecule has 1 aliphatic rings. The molecule has 2 aromatic rings. The second-order valence-corrected chi connectivity index (χ2v) is 4.73. The minimum absolute atomic E-state index is 0.216. The summed E-state index contributed by atoms with van der Waals surface area (Å²) in [7, 11) is 0. The molecule has 3 rings (SSSR count). The third-order valence-corrected chi connectivity index (χ3v) is 3.55. The molecule has 20 heavy (non-hydrogen) atoms. The fourth-order valence-corrected chi connectivity index (χ4v) is 2.53. The van der Waals surface area contributed by atoms with Gasteiger partial charge in [-0.15, -0.1) is 0 Å². The van der Waals surface area contributed by atoms with Gasteiger partial charge in [0.05, 0.1) is 24.8 Å². The van der Waals surface area contributed by atoms with Crippen molar-refractivity contribution in [3.8, 4) is 11.9 Å². The van der Waals surface area contributed by atoms with Crippen molar-refractivity contribution < 1.29 is 25.5 Å². The summed E-state index contributed by atoms with van der Waals surface area (Å²) in [6.07, 6.45) is -0.782. The quantitative estimate of drug-likeness (QED) is 0.337. The van der Waals surface area contributed by atoms with Crippen molar-refractivity contribution in [2.24, 2.45) is 0 Å². The van der Waals surface area contributed by atoms with Gasteiger partial charge in [0.15, 0.2) is 0 Å². The van der Waals surface area contributed by atoms with Crippen LogP contribution in [-0.4, -0.2) is 65.3 Å². The minimum atomic E-state index is -1.15. The third kappa shape index (κ3) is 1.79. The summed E-state index contributed by atoms with van der Waals surface area (Å²) in [4.78, 5) is 9.96. The molecule has 0 saturated carbocycles. The van der Waals surface area contributed by atoms with E-state index in [1.54, 1.807) is 0 Å². The predicted octanol–water partition coefficient (Wildman–Crippen LogP) is -1.90. The van der Waals surface area contributed by atoms with E-state index in [0.717, 1.165) is 0 Å². The van der Waals surface area contributed by atoms with Crippen LogP contribution in [0.25, 0.3) is 11.0 Å². The van der Waals surface area contributed by atoms with Crippen molar-refractivity contribution in [3.05, 3.63) is 11.8 Å². The second-order valence-electron chi connectivity index (χ2n) is 4.73. The van der Waals surface area contributed by atoms with Gasteiger partial charge in [0, 0.05) is 11.8 Å². The van der Waals surface area contributed by atoms with Gasteiger partial charge in [-0.2, -0.15) is 9.97 Å². The van der Waals surface area contributed by atoms with Gasteiger partial charge in [0.25, 0.3) is 0 Å². The summed E-state index contributed by atoms with van der Waals surface area (Å²) in [5, 5.41) is 50.8. The number of hydrogen-bond donors (Lipinski definition) is 7. The lowest BCUT2D eigenvalue weighted by atomic mass is 10.0. The Labute approximate surface area is 112 Å². The smallest absolute Gasteiger partial charge is 0.317 e. The normalized spacial score (nSPS) is 30.1. The van der Waals surface area contributed by atoms with Crippen LogP contribution >= 0.6 is 0 Å². The zero-order valence-electron chi connectivity index (χ0n) is 10.2. The molecule has 7 N–H and O–H groups in total. The Hall–Kier alpha value is -1.94. The monoisotopic (exact) mass is 282 g/mol. The van der Waals surface area contributed by atoms with Gasteiger partial charge in [-0.3, -0.25) is 0 Å². The summed E-state index contributed by atoms with van der Waals surface area (Å²) in [6, 6.07) is -1.95. The number of aromatic nitrogens is 3. The second kappa shape index (κ2) is 4.56. The molecule has 0 aromatic carbocycles. The zero-order chi connectivity index (χ0) is 14.4. The first-order valence-corrected chi connectivity index (χ1v) is 6.03. The third-order valence-electron chi connectivity index (χ3n) is 3.55. The highest BCUT2D eigenvalue weighted by Crippen LogP contribution is 2.34. The Balaban J connectivity index is 2.07. The molecule has 0 bridgehead atoms. The van der Waals surface area contributed by atoms with E-state index in [1.165, 1.54) is 6.20 Å². The summed E-state index contributed by atoms with van der Waals surface area (Å²) in [5.41, 5.74) is 0.904. The summed E-state index contributed by atoms with van der Waals surface area (Å²) < 4.78 is 0. The van der Waals surface area contributed by atoms with Crippen molar-refractivity contribution in [1.29, 1.82) is 0 Å². The van der Waals surface area contributed by atoms with Crippen molar-refractivity contribution >= 4 is 11.0 Å². The van der Waals surface area contributed by atoms with Gasteiger partial charge in [-0.1, -0.05) is 0 Å². The number of H-pyrrole nitrogens is 1. The Morgan fingerprint density at radius 3 is 2.55 bits per heavy atom. The number of hydrogen-bond acceptors (Lipinski definition) is 8. The topological polar surface area (TPSA) is 155 Å². The fourth-order valence-electron chi connectivity index (χ4n) is 2.53. The highest BCUT2D eigenvalue weighted by atomic mass is 16.3. The van der Waals surface area contributed by atoms with Gasteiger partial charge in [0.2, 0.25) is 5.88 Å². The lowest BCUT2D eigenvalue weighted by Gasteiger charge is -2.14. The molecule has 1 saturated heterocycles. The molecule has 9 nitrogen and oxygen atoms in total. The van der Waals surface area contributed by atoms with Gasteiger partial charge in [-0.25, -0.2) is 0 Å². The molecule has 0 unspecified atom stereocenters. The maximum atomic E-state index is 10.0. The Bertz CT molecular complexity index is 645. The van der Waals surface area contributed by atoms with Crippen molar-refractivity contribution in [2.45, 2.75) is 24.3 Å². The SMILES string of the molecule is OC[C@H]1N[C@H](c2c[nH]c3c(O)nc(O)nc23)[C@H](O)[C@@H]1O.